The predicted octanol–water partition coefficient (Wildman–Crippen LogP) is 3.02. The molecular formula is C26H46O8. The van der Waals surface area contributed by atoms with Crippen molar-refractivity contribution in [2.24, 2.45) is 0 Å². The quantitative estimate of drug-likeness (QED) is 0.242. The van der Waals surface area contributed by atoms with Crippen LogP contribution < -0.4 is 0 Å². The highest BCUT2D eigenvalue weighted by Crippen LogP contribution is 2.26. The van der Waals surface area contributed by atoms with Crippen molar-refractivity contribution in [1.29, 1.82) is 0 Å². The van der Waals surface area contributed by atoms with Crippen molar-refractivity contribution in [2.45, 2.75) is 51.7 Å². The summed E-state index contributed by atoms with van der Waals surface area (Å²) in [5.41, 5.74) is -0.881. The van der Waals surface area contributed by atoms with E-state index in [0.717, 1.165) is 26.1 Å². The van der Waals surface area contributed by atoms with Crippen LogP contribution in [0.15, 0.2) is 24.3 Å². The van der Waals surface area contributed by atoms with Gasteiger partial charge in [-0.15, -0.1) is 0 Å². The molecule has 0 saturated carbocycles. The molecule has 2 unspecified atom stereocenters. The Morgan fingerprint density at radius 1 is 0.500 bits per heavy atom. The molecule has 198 valence electrons. The Morgan fingerprint density at radius 2 is 0.765 bits per heavy atom. The summed E-state index contributed by atoms with van der Waals surface area (Å²) < 4.78 is 32.7. The van der Waals surface area contributed by atoms with Gasteiger partial charge in [-0.05, 0) is 37.8 Å². The first-order chi connectivity index (χ1) is 16.3. The van der Waals surface area contributed by atoms with Gasteiger partial charge in [0.1, 0.15) is 11.2 Å². The van der Waals surface area contributed by atoms with Crippen molar-refractivity contribution in [2.75, 3.05) is 79.3 Å². The maximum absolute atomic E-state index is 10.8. The maximum atomic E-state index is 10.8. The number of ether oxygens (including phenoxy) is 6. The summed E-state index contributed by atoms with van der Waals surface area (Å²) >= 11 is 0. The van der Waals surface area contributed by atoms with Crippen LogP contribution >= 0.6 is 0 Å². The molecule has 8 nitrogen and oxygen atoms in total. The Hall–Kier alpha value is -1.10. The first kappa shape index (κ1) is 30.9. The number of hydrogen-bond donors (Lipinski definition) is 2. The highest BCUT2D eigenvalue weighted by atomic mass is 16.6. The van der Waals surface area contributed by atoms with Gasteiger partial charge in [-0.25, -0.2) is 0 Å². The molecule has 1 aromatic carbocycles. The molecule has 2 atom stereocenters. The lowest BCUT2D eigenvalue weighted by atomic mass is 9.91. The molecule has 0 aliphatic rings. The van der Waals surface area contributed by atoms with Crippen LogP contribution in [0.5, 0.6) is 0 Å². The van der Waals surface area contributed by atoms with E-state index in [-0.39, 0.29) is 13.2 Å². The minimum atomic E-state index is -1.15. The fourth-order valence-electron chi connectivity index (χ4n) is 3.07. The van der Waals surface area contributed by atoms with Crippen LogP contribution in [0.3, 0.4) is 0 Å². The number of aliphatic hydroxyl groups is 2. The zero-order chi connectivity index (χ0) is 25.1. The Morgan fingerprint density at radius 3 is 1.06 bits per heavy atom. The van der Waals surface area contributed by atoms with Crippen LogP contribution in [0.25, 0.3) is 0 Å². The molecule has 1 aromatic rings. The summed E-state index contributed by atoms with van der Waals surface area (Å²) in [7, 11) is 0. The lowest BCUT2D eigenvalue weighted by Crippen LogP contribution is -2.30. The largest absolute Gasteiger partial charge is 0.383 e. The highest BCUT2D eigenvalue weighted by molar-refractivity contribution is 5.30. The highest BCUT2D eigenvalue weighted by Gasteiger charge is 2.27. The number of hydrogen-bond acceptors (Lipinski definition) is 8. The van der Waals surface area contributed by atoms with Crippen molar-refractivity contribution < 1.29 is 38.6 Å². The molecule has 0 aliphatic carbocycles. The van der Waals surface area contributed by atoms with Crippen LogP contribution in [-0.4, -0.2) is 89.5 Å². The van der Waals surface area contributed by atoms with E-state index in [9.17, 15) is 10.2 Å². The first-order valence-corrected chi connectivity index (χ1v) is 12.4. The molecule has 0 heterocycles. The van der Waals surface area contributed by atoms with Gasteiger partial charge in [0.25, 0.3) is 0 Å². The van der Waals surface area contributed by atoms with Gasteiger partial charge in [-0.3, -0.25) is 0 Å². The van der Waals surface area contributed by atoms with E-state index in [4.69, 9.17) is 28.4 Å². The van der Waals surface area contributed by atoms with Crippen LogP contribution in [0, 0.1) is 0 Å². The fraction of sp³-hybridized carbons (Fsp3) is 0.769. The molecule has 0 amide bonds. The van der Waals surface area contributed by atoms with E-state index >= 15 is 0 Å². The van der Waals surface area contributed by atoms with Crippen molar-refractivity contribution in [3.05, 3.63) is 35.4 Å². The van der Waals surface area contributed by atoms with E-state index in [1.54, 1.807) is 38.1 Å². The second-order valence-corrected chi connectivity index (χ2v) is 8.68. The Kier molecular flexibility index (Phi) is 16.6. The summed E-state index contributed by atoms with van der Waals surface area (Å²) in [6.45, 7) is 13.2. The predicted molar refractivity (Wildman–Crippen MR) is 131 cm³/mol. The van der Waals surface area contributed by atoms with E-state index < -0.39 is 11.2 Å². The number of benzene rings is 1. The summed E-state index contributed by atoms with van der Waals surface area (Å²) in [5, 5.41) is 21.6. The first-order valence-electron chi connectivity index (χ1n) is 12.4. The second-order valence-electron chi connectivity index (χ2n) is 8.68. The second kappa shape index (κ2) is 18.2. The topological polar surface area (TPSA) is 95.8 Å². The maximum Gasteiger partial charge on any atom is 0.110 e. The third-order valence-electron chi connectivity index (χ3n) is 5.08. The molecule has 8 heteroatoms. The van der Waals surface area contributed by atoms with Crippen molar-refractivity contribution in [3.8, 4) is 0 Å². The third-order valence-corrected chi connectivity index (χ3v) is 5.08. The minimum Gasteiger partial charge on any atom is -0.383 e. The normalized spacial score (nSPS) is 15.2. The van der Waals surface area contributed by atoms with Gasteiger partial charge < -0.3 is 38.6 Å². The SMILES string of the molecule is CCCOCCOCCOCC(C)(O)c1ccc(C(C)(O)COCCOCCOCCC)cc1. The molecule has 1 rings (SSSR count). The van der Waals surface area contributed by atoms with Crippen LogP contribution in [0.2, 0.25) is 0 Å². The molecule has 0 spiro atoms. The molecule has 2 N–H and O–H groups in total. The molecule has 0 fully saturated rings. The monoisotopic (exact) mass is 486 g/mol. The van der Waals surface area contributed by atoms with Crippen LogP contribution in [0.1, 0.15) is 51.7 Å². The van der Waals surface area contributed by atoms with Gasteiger partial charge in [0.15, 0.2) is 0 Å². The summed E-state index contributed by atoms with van der Waals surface area (Å²) in [4.78, 5) is 0. The van der Waals surface area contributed by atoms with Gasteiger partial charge in [0.2, 0.25) is 0 Å². The average Bonchev–Trinajstić information content (AvgIpc) is 2.82. The summed E-state index contributed by atoms with van der Waals surface area (Å²) in [6.07, 6.45) is 1.99. The van der Waals surface area contributed by atoms with E-state index in [0.29, 0.717) is 64.0 Å². The smallest absolute Gasteiger partial charge is 0.110 e. The minimum absolute atomic E-state index is 0.144. The zero-order valence-electron chi connectivity index (χ0n) is 21.6. The Labute approximate surface area is 205 Å². The lowest BCUT2D eigenvalue weighted by molar-refractivity contribution is -0.0566. The fourth-order valence-corrected chi connectivity index (χ4v) is 3.07. The number of rotatable bonds is 22. The van der Waals surface area contributed by atoms with E-state index in [2.05, 4.69) is 13.8 Å². The van der Waals surface area contributed by atoms with Crippen molar-refractivity contribution in [3.63, 3.8) is 0 Å². The van der Waals surface area contributed by atoms with E-state index in [1.807, 2.05) is 0 Å². The van der Waals surface area contributed by atoms with Gasteiger partial charge >= 0.3 is 0 Å². The van der Waals surface area contributed by atoms with Crippen LogP contribution in [0.4, 0.5) is 0 Å². The Bertz CT molecular complexity index is 550. The molecule has 0 radical (unpaired) electrons. The average molecular weight is 487 g/mol. The molecule has 0 aromatic heterocycles. The van der Waals surface area contributed by atoms with Crippen LogP contribution in [-0.2, 0) is 39.6 Å². The van der Waals surface area contributed by atoms with Crippen molar-refractivity contribution in [1.82, 2.24) is 0 Å². The van der Waals surface area contributed by atoms with E-state index in [1.165, 1.54) is 0 Å². The molecular weight excluding hydrogens is 440 g/mol. The Balaban J connectivity index is 2.29. The molecule has 0 bridgehead atoms. The lowest BCUT2D eigenvalue weighted by Gasteiger charge is -2.27. The summed E-state index contributed by atoms with van der Waals surface area (Å²) in [5.74, 6) is 0. The zero-order valence-corrected chi connectivity index (χ0v) is 21.6. The van der Waals surface area contributed by atoms with Gasteiger partial charge in [-0.2, -0.15) is 0 Å². The standard InChI is InChI=1S/C26H46O8/c1-5-11-29-13-15-31-17-19-33-21-25(3,27)23-7-9-24(10-8-23)26(4,28)22-34-20-18-32-16-14-30-12-6-2/h7-10,27-28H,5-6,11-22H2,1-4H3. The van der Waals surface area contributed by atoms with Gasteiger partial charge in [-0.1, -0.05) is 38.1 Å². The molecule has 0 saturated heterocycles. The summed E-state index contributed by atoms with van der Waals surface area (Å²) in [6, 6.07) is 7.20. The van der Waals surface area contributed by atoms with Gasteiger partial charge in [0, 0.05) is 13.2 Å². The third kappa shape index (κ3) is 13.7. The van der Waals surface area contributed by atoms with Gasteiger partial charge in [0.05, 0.1) is 66.1 Å². The van der Waals surface area contributed by atoms with Crippen molar-refractivity contribution >= 4 is 0 Å². The molecule has 34 heavy (non-hydrogen) atoms. The molecule has 0 aliphatic heterocycles.